The number of furan rings is 1. The van der Waals surface area contributed by atoms with Gasteiger partial charge < -0.3 is 9.40 Å². The zero-order valence-electron chi connectivity index (χ0n) is 12.5. The molecule has 0 spiro atoms. The van der Waals surface area contributed by atoms with E-state index in [9.17, 15) is 4.79 Å². The average molecular weight is 322 g/mol. The number of aromatic nitrogens is 2. The fraction of sp³-hybridized carbons (Fsp3) is 0.111. The average Bonchev–Trinajstić information content (AvgIpc) is 2.95. The van der Waals surface area contributed by atoms with Crippen LogP contribution in [0.3, 0.4) is 0 Å². The second kappa shape index (κ2) is 5.21. The van der Waals surface area contributed by atoms with Crippen LogP contribution in [0, 0.1) is 11.7 Å². The van der Waals surface area contributed by atoms with Crippen LogP contribution >= 0.6 is 12.2 Å². The van der Waals surface area contributed by atoms with Crippen LogP contribution in [-0.2, 0) is 6.54 Å². The Kier molecular flexibility index (Phi) is 3.16. The molecule has 0 unspecified atom stereocenters. The highest BCUT2D eigenvalue weighted by Crippen LogP contribution is 2.19. The van der Waals surface area contributed by atoms with Crippen molar-refractivity contribution in [3.8, 4) is 0 Å². The quantitative estimate of drug-likeness (QED) is 0.445. The van der Waals surface area contributed by atoms with Crippen molar-refractivity contribution in [3.63, 3.8) is 0 Å². The lowest BCUT2D eigenvalue weighted by Crippen LogP contribution is -2.22. The number of rotatable bonds is 2. The van der Waals surface area contributed by atoms with Gasteiger partial charge in [-0.05, 0) is 54.2 Å². The largest absolute Gasteiger partial charge is 0.464 e. The van der Waals surface area contributed by atoms with Crippen molar-refractivity contribution in [1.82, 2.24) is 9.55 Å². The van der Waals surface area contributed by atoms with Crippen molar-refractivity contribution >= 4 is 33.9 Å². The van der Waals surface area contributed by atoms with E-state index in [-0.39, 0.29) is 5.56 Å². The number of hydrogen-bond acceptors (Lipinski definition) is 3. The number of aryl methyl sites for hydroxylation is 1. The third kappa shape index (κ3) is 2.39. The fourth-order valence-electron chi connectivity index (χ4n) is 2.81. The van der Waals surface area contributed by atoms with Gasteiger partial charge in [0.05, 0.1) is 17.4 Å². The van der Waals surface area contributed by atoms with Crippen LogP contribution in [0.25, 0.3) is 21.7 Å². The number of H-pyrrole nitrogens is 1. The van der Waals surface area contributed by atoms with Gasteiger partial charge in [0, 0.05) is 0 Å². The summed E-state index contributed by atoms with van der Waals surface area (Å²) in [7, 11) is 0. The van der Waals surface area contributed by atoms with E-state index in [0.29, 0.717) is 22.5 Å². The molecule has 0 bridgehead atoms. The minimum absolute atomic E-state index is 0.108. The lowest BCUT2D eigenvalue weighted by Gasteiger charge is -2.08. The van der Waals surface area contributed by atoms with E-state index in [1.807, 2.05) is 55.5 Å². The summed E-state index contributed by atoms with van der Waals surface area (Å²) < 4.78 is 7.49. The first-order valence-corrected chi connectivity index (χ1v) is 7.73. The molecule has 0 aliphatic rings. The van der Waals surface area contributed by atoms with Gasteiger partial charge in [0.15, 0.2) is 4.77 Å². The molecule has 0 saturated heterocycles. The monoisotopic (exact) mass is 322 g/mol. The van der Waals surface area contributed by atoms with Crippen LogP contribution in [0.2, 0.25) is 0 Å². The second-order valence-corrected chi connectivity index (χ2v) is 5.97. The number of fused-ring (bicyclic) bond motifs is 2. The van der Waals surface area contributed by atoms with E-state index in [1.165, 1.54) is 4.57 Å². The Labute approximate surface area is 137 Å². The van der Waals surface area contributed by atoms with E-state index in [1.54, 1.807) is 0 Å². The summed E-state index contributed by atoms with van der Waals surface area (Å²) in [5.74, 6) is 1.53. The van der Waals surface area contributed by atoms with Gasteiger partial charge in [-0.15, -0.1) is 0 Å². The summed E-state index contributed by atoms with van der Waals surface area (Å²) in [6.07, 6.45) is 0. The third-order valence-electron chi connectivity index (χ3n) is 3.96. The molecular formula is C18H14N2O2S. The van der Waals surface area contributed by atoms with Crippen LogP contribution in [0.1, 0.15) is 11.5 Å². The SMILES string of the molecule is Cc1ccc(Cn2c(=S)[nH]c3cc4ccccc4cc3c2=O)o1. The molecular weight excluding hydrogens is 308 g/mol. The minimum atomic E-state index is -0.108. The Morgan fingerprint density at radius 3 is 2.57 bits per heavy atom. The second-order valence-electron chi connectivity index (χ2n) is 5.58. The summed E-state index contributed by atoms with van der Waals surface area (Å²) in [4.78, 5) is 16.0. The number of benzene rings is 2. The topological polar surface area (TPSA) is 50.9 Å². The van der Waals surface area contributed by atoms with E-state index in [4.69, 9.17) is 16.6 Å². The van der Waals surface area contributed by atoms with Crippen molar-refractivity contribution in [2.45, 2.75) is 13.5 Å². The van der Waals surface area contributed by atoms with Gasteiger partial charge >= 0.3 is 0 Å². The number of aromatic amines is 1. The van der Waals surface area contributed by atoms with Crippen LogP contribution in [0.5, 0.6) is 0 Å². The Hall–Kier alpha value is -2.66. The van der Waals surface area contributed by atoms with Gasteiger partial charge in [0.25, 0.3) is 5.56 Å². The first-order valence-electron chi connectivity index (χ1n) is 7.33. The maximum atomic E-state index is 12.8. The molecule has 0 fully saturated rings. The maximum absolute atomic E-state index is 12.8. The molecule has 4 nitrogen and oxygen atoms in total. The fourth-order valence-corrected chi connectivity index (χ4v) is 3.07. The predicted octanol–water partition coefficient (Wildman–Crippen LogP) is 4.16. The van der Waals surface area contributed by atoms with Gasteiger partial charge in [-0.2, -0.15) is 0 Å². The number of nitrogens with one attached hydrogen (secondary N) is 1. The first kappa shape index (κ1) is 14.0. The molecule has 114 valence electrons. The third-order valence-corrected chi connectivity index (χ3v) is 4.28. The van der Waals surface area contributed by atoms with Crippen molar-refractivity contribution < 1.29 is 4.42 Å². The smallest absolute Gasteiger partial charge is 0.262 e. The van der Waals surface area contributed by atoms with Crippen LogP contribution in [-0.4, -0.2) is 9.55 Å². The van der Waals surface area contributed by atoms with Gasteiger partial charge in [-0.1, -0.05) is 24.3 Å². The molecule has 23 heavy (non-hydrogen) atoms. The number of hydrogen-bond donors (Lipinski definition) is 1. The molecule has 0 aliphatic heterocycles. The highest BCUT2D eigenvalue weighted by Gasteiger charge is 2.09. The van der Waals surface area contributed by atoms with Crippen LogP contribution < -0.4 is 5.56 Å². The van der Waals surface area contributed by atoms with E-state index in [0.717, 1.165) is 22.0 Å². The van der Waals surface area contributed by atoms with Crippen LogP contribution in [0.15, 0.2) is 57.7 Å². The molecule has 1 N–H and O–H groups in total. The molecule has 2 aromatic heterocycles. The molecule has 0 radical (unpaired) electrons. The summed E-state index contributed by atoms with van der Waals surface area (Å²) >= 11 is 5.36. The van der Waals surface area contributed by atoms with Gasteiger partial charge in [-0.25, -0.2) is 0 Å². The molecule has 2 heterocycles. The molecule has 4 aromatic rings. The highest BCUT2D eigenvalue weighted by molar-refractivity contribution is 7.71. The van der Waals surface area contributed by atoms with Crippen molar-refractivity contribution in [1.29, 1.82) is 0 Å². The predicted molar refractivity (Wildman–Crippen MR) is 93.4 cm³/mol. The summed E-state index contributed by atoms with van der Waals surface area (Å²) in [6, 6.07) is 15.6. The first-order chi connectivity index (χ1) is 11.1. The van der Waals surface area contributed by atoms with E-state index < -0.39 is 0 Å². The summed E-state index contributed by atoms with van der Waals surface area (Å²) in [5, 5.41) is 2.73. The highest BCUT2D eigenvalue weighted by atomic mass is 32.1. The Bertz CT molecular complexity index is 1150. The van der Waals surface area contributed by atoms with Crippen molar-refractivity contribution in [2.24, 2.45) is 0 Å². The zero-order chi connectivity index (χ0) is 16.0. The summed E-state index contributed by atoms with van der Waals surface area (Å²) in [5.41, 5.74) is 0.647. The molecule has 0 atom stereocenters. The van der Waals surface area contributed by atoms with Gasteiger partial charge in [0.1, 0.15) is 11.5 Å². The summed E-state index contributed by atoms with van der Waals surface area (Å²) in [6.45, 7) is 2.20. The van der Waals surface area contributed by atoms with Gasteiger partial charge in [-0.3, -0.25) is 9.36 Å². The van der Waals surface area contributed by atoms with E-state index in [2.05, 4.69) is 4.98 Å². The lowest BCUT2D eigenvalue weighted by atomic mass is 10.1. The van der Waals surface area contributed by atoms with Crippen molar-refractivity contribution in [2.75, 3.05) is 0 Å². The molecule has 4 rings (SSSR count). The number of nitrogens with zero attached hydrogens (tertiary/aromatic N) is 1. The minimum Gasteiger partial charge on any atom is -0.464 e. The zero-order valence-corrected chi connectivity index (χ0v) is 13.3. The molecule has 0 amide bonds. The molecule has 5 heteroatoms. The standard InChI is InChI=1S/C18H14N2O2S/c1-11-6-7-14(22-11)10-20-17(21)15-8-12-4-2-3-5-13(12)9-16(15)19-18(20)23/h2-9H,10H2,1H3,(H,19,23). The Morgan fingerprint density at radius 2 is 1.87 bits per heavy atom. The maximum Gasteiger partial charge on any atom is 0.262 e. The van der Waals surface area contributed by atoms with Gasteiger partial charge in [0.2, 0.25) is 0 Å². The van der Waals surface area contributed by atoms with Crippen molar-refractivity contribution in [3.05, 3.63) is 75.2 Å². The molecule has 0 saturated carbocycles. The van der Waals surface area contributed by atoms with Crippen LogP contribution in [0.4, 0.5) is 0 Å². The lowest BCUT2D eigenvalue weighted by molar-refractivity contribution is 0.465. The molecule has 2 aromatic carbocycles. The molecule has 0 aliphatic carbocycles. The normalized spacial score (nSPS) is 11.3. The Balaban J connectivity index is 1.96. The Morgan fingerprint density at radius 1 is 1.13 bits per heavy atom. The van der Waals surface area contributed by atoms with E-state index >= 15 is 0 Å².